The van der Waals surface area contributed by atoms with Gasteiger partial charge in [0.2, 0.25) is 0 Å². The van der Waals surface area contributed by atoms with Crippen molar-refractivity contribution in [1.82, 2.24) is 5.32 Å². The number of hydrogen-bond donors (Lipinski definition) is 1. The van der Waals surface area contributed by atoms with Crippen LogP contribution < -0.4 is 10.1 Å². The Morgan fingerprint density at radius 3 is 2.42 bits per heavy atom. The van der Waals surface area contributed by atoms with E-state index >= 15 is 0 Å². The molecule has 0 saturated heterocycles. The molecule has 0 fully saturated rings. The van der Waals surface area contributed by atoms with Crippen LogP contribution in [0, 0.1) is 11.3 Å². The Balaban J connectivity index is 2.13. The first-order chi connectivity index (χ1) is 9.22. The third-order valence-corrected chi connectivity index (χ3v) is 2.91. The zero-order valence-electron chi connectivity index (χ0n) is 10.5. The van der Waals surface area contributed by atoms with Gasteiger partial charge in [-0.2, -0.15) is 5.26 Å². The Kier molecular flexibility index (Phi) is 4.40. The van der Waals surface area contributed by atoms with Crippen molar-refractivity contribution in [3.8, 4) is 17.6 Å². The van der Waals surface area contributed by atoms with E-state index in [1.807, 2.05) is 37.4 Å². The number of rotatable bonds is 4. The molecule has 0 unspecified atom stereocenters. The molecule has 4 heteroatoms. The Labute approximate surface area is 117 Å². The van der Waals surface area contributed by atoms with Crippen molar-refractivity contribution in [2.24, 2.45) is 0 Å². The molecule has 2 aromatic carbocycles. The number of nitrogens with zero attached hydrogens (tertiary/aromatic N) is 1. The highest BCUT2D eigenvalue weighted by Gasteiger charge is 2.03. The Morgan fingerprint density at radius 1 is 1.16 bits per heavy atom. The minimum atomic E-state index is 0.395. The fraction of sp³-hybridized carbons (Fsp3) is 0.133. The van der Waals surface area contributed by atoms with Crippen LogP contribution >= 0.6 is 11.6 Å². The molecule has 0 aliphatic rings. The summed E-state index contributed by atoms with van der Waals surface area (Å²) in [4.78, 5) is 0. The second-order valence-corrected chi connectivity index (χ2v) is 4.44. The maximum Gasteiger partial charge on any atom is 0.129 e. The SMILES string of the molecule is CNCc1ccc(Oc2ccc(C#N)c(Cl)c2)cc1. The number of benzene rings is 2. The van der Waals surface area contributed by atoms with E-state index in [0.29, 0.717) is 16.3 Å². The van der Waals surface area contributed by atoms with Gasteiger partial charge < -0.3 is 10.1 Å². The fourth-order valence-corrected chi connectivity index (χ4v) is 1.88. The lowest BCUT2D eigenvalue weighted by molar-refractivity contribution is 0.482. The summed E-state index contributed by atoms with van der Waals surface area (Å²) in [6, 6.07) is 14.8. The minimum absolute atomic E-state index is 0.395. The molecule has 0 aliphatic carbocycles. The van der Waals surface area contributed by atoms with Gasteiger partial charge in [-0.05, 0) is 36.9 Å². The molecule has 0 aromatic heterocycles. The molecule has 1 N–H and O–H groups in total. The van der Waals surface area contributed by atoms with Gasteiger partial charge in [0.05, 0.1) is 10.6 Å². The molecule has 0 atom stereocenters. The third kappa shape index (κ3) is 3.47. The van der Waals surface area contributed by atoms with Gasteiger partial charge in [-0.15, -0.1) is 0 Å². The van der Waals surface area contributed by atoms with Gasteiger partial charge in [0.25, 0.3) is 0 Å². The second-order valence-electron chi connectivity index (χ2n) is 4.03. The first-order valence-corrected chi connectivity index (χ1v) is 6.22. The highest BCUT2D eigenvalue weighted by molar-refractivity contribution is 6.31. The van der Waals surface area contributed by atoms with E-state index in [4.69, 9.17) is 21.6 Å². The van der Waals surface area contributed by atoms with Gasteiger partial charge in [-0.1, -0.05) is 23.7 Å². The first-order valence-electron chi connectivity index (χ1n) is 5.84. The zero-order valence-corrected chi connectivity index (χ0v) is 11.2. The van der Waals surface area contributed by atoms with Crippen molar-refractivity contribution in [2.75, 3.05) is 7.05 Å². The predicted octanol–water partition coefficient (Wildman–Crippen LogP) is 3.72. The van der Waals surface area contributed by atoms with Crippen LogP contribution in [0.2, 0.25) is 5.02 Å². The van der Waals surface area contributed by atoms with Crippen molar-refractivity contribution in [1.29, 1.82) is 5.26 Å². The molecule has 0 saturated carbocycles. The van der Waals surface area contributed by atoms with E-state index < -0.39 is 0 Å². The van der Waals surface area contributed by atoms with Crippen molar-refractivity contribution < 1.29 is 4.74 Å². The normalized spacial score (nSPS) is 9.95. The average molecular weight is 273 g/mol. The lowest BCUT2D eigenvalue weighted by atomic mass is 10.2. The van der Waals surface area contributed by atoms with Crippen LogP contribution in [0.5, 0.6) is 11.5 Å². The van der Waals surface area contributed by atoms with Crippen LogP contribution in [0.15, 0.2) is 42.5 Å². The maximum absolute atomic E-state index is 8.80. The summed E-state index contributed by atoms with van der Waals surface area (Å²) in [5.41, 5.74) is 1.63. The number of nitrogens with one attached hydrogen (secondary N) is 1. The van der Waals surface area contributed by atoms with Crippen LogP contribution in [0.1, 0.15) is 11.1 Å². The first kappa shape index (κ1) is 13.4. The Bertz CT molecular complexity index is 603. The fourth-order valence-electron chi connectivity index (χ4n) is 1.67. The molecular formula is C15H13ClN2O. The summed E-state index contributed by atoms with van der Waals surface area (Å²) < 4.78 is 5.68. The molecule has 0 spiro atoms. The summed E-state index contributed by atoms with van der Waals surface area (Å²) >= 11 is 5.95. The Hall–Kier alpha value is -2.02. The molecule has 0 aliphatic heterocycles. The standard InChI is InChI=1S/C15H13ClN2O/c1-18-10-11-2-5-13(6-3-11)19-14-7-4-12(9-17)15(16)8-14/h2-8,18H,10H2,1H3. The van der Waals surface area contributed by atoms with E-state index in [0.717, 1.165) is 12.3 Å². The van der Waals surface area contributed by atoms with Crippen LogP contribution in [0.25, 0.3) is 0 Å². The van der Waals surface area contributed by atoms with E-state index in [-0.39, 0.29) is 0 Å². The largest absolute Gasteiger partial charge is 0.457 e. The van der Waals surface area contributed by atoms with Crippen molar-refractivity contribution in [3.05, 3.63) is 58.6 Å². The van der Waals surface area contributed by atoms with Crippen LogP contribution in [-0.2, 0) is 6.54 Å². The molecule has 19 heavy (non-hydrogen) atoms. The van der Waals surface area contributed by atoms with Gasteiger partial charge >= 0.3 is 0 Å². The third-order valence-electron chi connectivity index (χ3n) is 2.60. The average Bonchev–Trinajstić information content (AvgIpc) is 2.42. The van der Waals surface area contributed by atoms with E-state index in [1.165, 1.54) is 5.56 Å². The van der Waals surface area contributed by atoms with Crippen molar-refractivity contribution in [3.63, 3.8) is 0 Å². The number of hydrogen-bond acceptors (Lipinski definition) is 3. The van der Waals surface area contributed by atoms with Gasteiger partial charge in [-0.25, -0.2) is 0 Å². The second kappa shape index (κ2) is 6.24. The number of halogens is 1. The summed E-state index contributed by atoms with van der Waals surface area (Å²) in [6.45, 7) is 0.822. The predicted molar refractivity (Wildman–Crippen MR) is 75.4 cm³/mol. The van der Waals surface area contributed by atoms with Crippen LogP contribution in [0.4, 0.5) is 0 Å². The maximum atomic E-state index is 8.80. The lowest BCUT2D eigenvalue weighted by Crippen LogP contribution is -2.04. The lowest BCUT2D eigenvalue weighted by Gasteiger charge is -2.07. The summed E-state index contributed by atoms with van der Waals surface area (Å²) in [7, 11) is 1.91. The van der Waals surface area contributed by atoms with Crippen LogP contribution in [-0.4, -0.2) is 7.05 Å². The van der Waals surface area contributed by atoms with Crippen molar-refractivity contribution in [2.45, 2.75) is 6.54 Å². The summed E-state index contributed by atoms with van der Waals surface area (Å²) in [5, 5.41) is 12.3. The highest BCUT2D eigenvalue weighted by Crippen LogP contribution is 2.26. The number of nitriles is 1. The molecule has 96 valence electrons. The summed E-state index contributed by atoms with van der Waals surface area (Å²) in [5.74, 6) is 1.35. The molecular weight excluding hydrogens is 260 g/mol. The highest BCUT2D eigenvalue weighted by atomic mass is 35.5. The van der Waals surface area contributed by atoms with Gasteiger partial charge in [0.15, 0.2) is 0 Å². The van der Waals surface area contributed by atoms with Crippen LogP contribution in [0.3, 0.4) is 0 Å². The monoisotopic (exact) mass is 272 g/mol. The van der Waals surface area contributed by atoms with E-state index in [9.17, 15) is 0 Å². The molecule has 2 rings (SSSR count). The van der Waals surface area contributed by atoms with Gasteiger partial charge in [0, 0.05) is 12.6 Å². The quantitative estimate of drug-likeness (QED) is 0.922. The molecule has 2 aromatic rings. The molecule has 3 nitrogen and oxygen atoms in total. The number of ether oxygens (including phenoxy) is 1. The van der Waals surface area contributed by atoms with Crippen molar-refractivity contribution >= 4 is 11.6 Å². The van der Waals surface area contributed by atoms with E-state index in [1.54, 1.807) is 18.2 Å². The smallest absolute Gasteiger partial charge is 0.129 e. The van der Waals surface area contributed by atoms with Gasteiger partial charge in [-0.3, -0.25) is 0 Å². The summed E-state index contributed by atoms with van der Waals surface area (Å²) in [6.07, 6.45) is 0. The molecule has 0 radical (unpaired) electrons. The molecule has 0 heterocycles. The molecule has 0 amide bonds. The van der Waals surface area contributed by atoms with E-state index in [2.05, 4.69) is 5.32 Å². The van der Waals surface area contributed by atoms with Gasteiger partial charge in [0.1, 0.15) is 17.6 Å². The minimum Gasteiger partial charge on any atom is -0.457 e. The topological polar surface area (TPSA) is 45.0 Å². The Morgan fingerprint density at radius 2 is 1.84 bits per heavy atom. The zero-order chi connectivity index (χ0) is 13.7. The molecule has 0 bridgehead atoms.